The molecular formula is C58H77Cl2N13O14. The third kappa shape index (κ3) is 19.6. The lowest BCUT2D eigenvalue weighted by atomic mass is 9.95. The Hall–Kier alpha value is -7.79. The summed E-state index contributed by atoms with van der Waals surface area (Å²) in [6, 6.07) is 15.2. The molecule has 10 N–H and O–H groups in total. The van der Waals surface area contributed by atoms with Crippen LogP contribution in [0.15, 0.2) is 59.6 Å². The summed E-state index contributed by atoms with van der Waals surface area (Å²) in [4.78, 5) is 102. The Morgan fingerprint density at radius 2 is 1.38 bits per heavy atom. The predicted octanol–water partition coefficient (Wildman–Crippen LogP) is 2.07. The molecular weight excluding hydrogens is 1170 g/mol. The number of hydrogen-bond donors (Lipinski definition) is 8. The SMILES string of the molecule is COc1cc2c(cc1-c1cccc(OCCCNC(=O)[C@@H](CCCN=C(N)N)NC(=O)CCNC(=O)CN3CCN(CC(=O)O)CCN(CC(=O)O)CCN(CC(=O)O)CC3)c1)-c1c(c(C(=O)N3CCOCC3(C)C)nn1-c1cc(Cl)cc(Cl)c1)CO2. The number of morpholine rings is 1. The zero-order chi connectivity index (χ0) is 62.8. The lowest BCUT2D eigenvalue weighted by molar-refractivity contribution is -0.140. The maximum atomic E-state index is 14.5. The quantitative estimate of drug-likeness (QED) is 0.0253. The number of amides is 4. The van der Waals surface area contributed by atoms with Gasteiger partial charge < -0.3 is 66.6 Å². The van der Waals surface area contributed by atoms with Gasteiger partial charge >= 0.3 is 17.9 Å². The van der Waals surface area contributed by atoms with Gasteiger partial charge in [0, 0.05) is 118 Å². The van der Waals surface area contributed by atoms with Gasteiger partial charge in [0.15, 0.2) is 11.7 Å². The Morgan fingerprint density at radius 1 is 0.759 bits per heavy atom. The Labute approximate surface area is 513 Å². The molecule has 0 unspecified atom stereocenters. The normalized spacial score (nSPS) is 16.3. The van der Waals surface area contributed by atoms with Crippen LogP contribution in [-0.2, 0) is 40.1 Å². The lowest BCUT2D eigenvalue weighted by Crippen LogP contribution is -2.55. The number of ether oxygens (including phenoxy) is 4. The number of aliphatic carboxylic acids is 3. The highest BCUT2D eigenvalue weighted by Crippen LogP contribution is 2.47. The number of guanidine groups is 1. The number of hydrogen-bond acceptors (Lipinski definition) is 17. The van der Waals surface area contributed by atoms with Crippen molar-refractivity contribution in [2.45, 2.75) is 57.7 Å². The molecule has 87 heavy (non-hydrogen) atoms. The number of carboxylic acids is 3. The number of nitrogens with zero attached hydrogens (tertiary/aromatic N) is 8. The third-order valence-electron chi connectivity index (χ3n) is 14.8. The van der Waals surface area contributed by atoms with Crippen molar-refractivity contribution in [2.24, 2.45) is 16.5 Å². The van der Waals surface area contributed by atoms with Crippen molar-refractivity contribution in [2.75, 3.05) is 132 Å². The molecule has 2 saturated heterocycles. The number of aliphatic imine (C=N–C) groups is 1. The fraction of sp³-hybridized carbons (Fsp3) is 0.500. The van der Waals surface area contributed by atoms with Crippen LogP contribution in [0.4, 0.5) is 0 Å². The van der Waals surface area contributed by atoms with E-state index in [4.69, 9.17) is 58.7 Å². The van der Waals surface area contributed by atoms with Crippen LogP contribution in [0.5, 0.6) is 17.2 Å². The van der Waals surface area contributed by atoms with Crippen LogP contribution in [0.2, 0.25) is 10.0 Å². The third-order valence-corrected chi connectivity index (χ3v) is 15.2. The summed E-state index contributed by atoms with van der Waals surface area (Å²) >= 11 is 13.1. The van der Waals surface area contributed by atoms with Crippen LogP contribution < -0.4 is 41.6 Å². The van der Waals surface area contributed by atoms with E-state index < -0.39 is 47.2 Å². The van der Waals surface area contributed by atoms with Crippen LogP contribution in [0.1, 0.15) is 55.6 Å². The number of halogens is 2. The molecule has 1 atom stereocenters. The minimum atomic E-state index is -1.07. The number of benzene rings is 3. The molecule has 3 aliphatic rings. The van der Waals surface area contributed by atoms with Crippen molar-refractivity contribution >= 4 is 70.7 Å². The molecule has 472 valence electrons. The molecule has 7 rings (SSSR count). The van der Waals surface area contributed by atoms with Gasteiger partial charge in [0.2, 0.25) is 17.7 Å². The number of rotatable bonds is 26. The molecule has 0 spiro atoms. The average molecular weight is 1250 g/mol. The van der Waals surface area contributed by atoms with Gasteiger partial charge in [-0.05, 0) is 75.1 Å². The number of nitrogens with one attached hydrogen (secondary N) is 3. The number of aromatic nitrogens is 2. The van der Waals surface area contributed by atoms with Gasteiger partial charge in [-0.15, -0.1) is 0 Å². The number of carbonyl (C=O) groups excluding carboxylic acids is 4. The van der Waals surface area contributed by atoms with Gasteiger partial charge in [-0.25, -0.2) is 4.68 Å². The smallest absolute Gasteiger partial charge is 0.317 e. The standard InChI is InChI=1S/C58H77Cl2N13O14/c1-58(2)36-85-24-22-72(58)56(83)53-44-35-87-47-30-46(84-3)42(29-43(47)54(44)73(67-53)40-27-38(59)26-39(60)28-40)37-7-4-8-41(25-37)86-23-6-12-64-55(82)45(9-5-11-65-57(61)62)66-48(74)10-13-63-49(75)31-68-14-16-69(32-50(76)77)18-20-71(34-52(80)81)21-19-70(17-15-68)33-51(78)79/h4,7-8,25-30,45H,5-6,9-24,31-36H2,1-3H3,(H,63,75)(H,64,82)(H,66,74)(H,76,77)(H,78,79)(H,80,81)(H4,61,62,65)/t45-/m1/s1. The summed E-state index contributed by atoms with van der Waals surface area (Å²) in [5, 5.41) is 42.6. The number of carbonyl (C=O) groups is 7. The van der Waals surface area contributed by atoms with E-state index >= 15 is 0 Å². The molecule has 1 aromatic heterocycles. The summed E-state index contributed by atoms with van der Waals surface area (Å²) in [6.07, 6.45) is 0.759. The van der Waals surface area contributed by atoms with Crippen LogP contribution in [-0.4, -0.2) is 240 Å². The lowest BCUT2D eigenvalue weighted by Gasteiger charge is -2.41. The number of fused-ring (bicyclic) bond motifs is 3. The zero-order valence-corrected chi connectivity index (χ0v) is 50.6. The van der Waals surface area contributed by atoms with E-state index in [1.54, 1.807) is 66.6 Å². The predicted molar refractivity (Wildman–Crippen MR) is 323 cm³/mol. The molecule has 4 amide bonds. The minimum Gasteiger partial charge on any atom is -0.496 e. The van der Waals surface area contributed by atoms with Crippen molar-refractivity contribution < 1.29 is 67.8 Å². The average Bonchev–Trinajstić information content (AvgIpc) is 1.72. The summed E-state index contributed by atoms with van der Waals surface area (Å²) in [7, 11) is 1.56. The number of carboxylic acid groups (broad SMARTS) is 3. The first-order chi connectivity index (χ1) is 41.6. The molecule has 0 bridgehead atoms. The fourth-order valence-electron chi connectivity index (χ4n) is 10.4. The molecule has 0 aliphatic carbocycles. The molecule has 2 fully saturated rings. The van der Waals surface area contributed by atoms with E-state index in [0.717, 1.165) is 5.56 Å². The van der Waals surface area contributed by atoms with E-state index in [-0.39, 0.29) is 142 Å². The van der Waals surface area contributed by atoms with Crippen LogP contribution >= 0.6 is 23.2 Å². The molecule has 0 saturated carbocycles. The second-order valence-corrected chi connectivity index (χ2v) is 22.7. The second-order valence-electron chi connectivity index (χ2n) is 21.8. The first-order valence-electron chi connectivity index (χ1n) is 28.6. The first-order valence-corrected chi connectivity index (χ1v) is 29.3. The second kappa shape index (κ2) is 31.7. The molecule has 0 radical (unpaired) electrons. The van der Waals surface area contributed by atoms with Gasteiger partial charge in [0.25, 0.3) is 5.91 Å². The van der Waals surface area contributed by atoms with E-state index in [9.17, 15) is 48.9 Å². The topological polar surface area (TPSA) is 352 Å². The highest BCUT2D eigenvalue weighted by Gasteiger charge is 2.40. The maximum absolute atomic E-state index is 14.5. The van der Waals surface area contributed by atoms with Crippen molar-refractivity contribution in [1.82, 2.24) is 50.2 Å². The molecule has 3 aromatic carbocycles. The highest BCUT2D eigenvalue weighted by molar-refractivity contribution is 6.34. The molecule has 3 aliphatic heterocycles. The first kappa shape index (κ1) is 66.7. The Morgan fingerprint density at radius 3 is 1.97 bits per heavy atom. The van der Waals surface area contributed by atoms with Crippen molar-refractivity contribution in [3.63, 3.8) is 0 Å². The van der Waals surface area contributed by atoms with Crippen molar-refractivity contribution in [3.8, 4) is 45.3 Å². The van der Waals surface area contributed by atoms with Crippen LogP contribution in [0, 0.1) is 0 Å². The molecule has 4 aromatic rings. The monoisotopic (exact) mass is 1250 g/mol. The van der Waals surface area contributed by atoms with Crippen LogP contribution in [0.3, 0.4) is 0 Å². The van der Waals surface area contributed by atoms with Gasteiger partial charge in [-0.2, -0.15) is 5.10 Å². The van der Waals surface area contributed by atoms with Crippen molar-refractivity contribution in [3.05, 3.63) is 75.9 Å². The van der Waals surface area contributed by atoms with Gasteiger partial charge in [0.05, 0.1) is 70.0 Å². The molecule has 4 heterocycles. The molecule has 29 heteroatoms. The molecule has 27 nitrogen and oxygen atoms in total. The Bertz CT molecular complexity index is 3090. The Kier molecular flexibility index (Phi) is 24.3. The summed E-state index contributed by atoms with van der Waals surface area (Å²) in [5.74, 6) is -3.44. The fourth-order valence-corrected chi connectivity index (χ4v) is 10.9. The van der Waals surface area contributed by atoms with Gasteiger partial charge in [0.1, 0.15) is 29.9 Å². The van der Waals surface area contributed by atoms with Crippen LogP contribution in [0.25, 0.3) is 28.1 Å². The van der Waals surface area contributed by atoms with E-state index in [2.05, 4.69) is 20.9 Å². The number of nitrogens with two attached hydrogens (primary N) is 2. The summed E-state index contributed by atoms with van der Waals surface area (Å²) in [5.41, 5.74) is 14.5. The summed E-state index contributed by atoms with van der Waals surface area (Å²) in [6.45, 7) is 6.38. The van der Waals surface area contributed by atoms with Crippen molar-refractivity contribution in [1.29, 1.82) is 0 Å². The number of methoxy groups -OCH3 is 1. The summed E-state index contributed by atoms with van der Waals surface area (Å²) < 4.78 is 25.9. The van der Waals surface area contributed by atoms with Gasteiger partial charge in [-0.3, -0.25) is 58.2 Å². The van der Waals surface area contributed by atoms with E-state index in [1.807, 2.05) is 38.1 Å². The highest BCUT2D eigenvalue weighted by atomic mass is 35.5. The largest absolute Gasteiger partial charge is 0.496 e. The minimum absolute atomic E-state index is 0.0529. The zero-order valence-electron chi connectivity index (χ0n) is 49.1. The van der Waals surface area contributed by atoms with E-state index in [0.29, 0.717) is 88.0 Å². The Balaban J connectivity index is 0.957. The van der Waals surface area contributed by atoms with Gasteiger partial charge in [-0.1, -0.05) is 35.3 Å². The van der Waals surface area contributed by atoms with E-state index in [1.165, 1.54) is 0 Å². The maximum Gasteiger partial charge on any atom is 0.317 e.